The zero-order valence-corrected chi connectivity index (χ0v) is 19.7. The molecule has 0 bridgehead atoms. The van der Waals surface area contributed by atoms with Crippen LogP contribution in [-0.2, 0) is 6.54 Å². The summed E-state index contributed by atoms with van der Waals surface area (Å²) in [5, 5.41) is 7.09. The van der Waals surface area contributed by atoms with E-state index in [4.69, 9.17) is 21.1 Å². The third-order valence-electron chi connectivity index (χ3n) is 5.43. The van der Waals surface area contributed by atoms with Crippen molar-refractivity contribution < 1.29 is 19.1 Å². The predicted octanol–water partition coefficient (Wildman–Crippen LogP) is 5.33. The van der Waals surface area contributed by atoms with Crippen LogP contribution >= 0.6 is 11.6 Å². The molecule has 0 radical (unpaired) electrons. The molecule has 0 aliphatic carbocycles. The second-order valence-electron chi connectivity index (χ2n) is 7.76. The maximum atomic E-state index is 13.2. The highest BCUT2D eigenvalue weighted by Crippen LogP contribution is 2.30. The number of hydrogen-bond acceptors (Lipinski definition) is 4. The molecule has 0 aliphatic rings. The Bertz CT molecular complexity index is 1360. The molecule has 0 saturated heterocycles. The minimum Gasteiger partial charge on any atom is -0.493 e. The number of aromatic nitrogens is 1. The smallest absolute Gasteiger partial charge is 0.270 e. The number of anilines is 1. The average Bonchev–Trinajstić information content (AvgIpc) is 3.20. The van der Waals surface area contributed by atoms with Crippen LogP contribution in [0.5, 0.6) is 11.5 Å². The van der Waals surface area contributed by atoms with Gasteiger partial charge in [0.25, 0.3) is 11.8 Å². The fourth-order valence-corrected chi connectivity index (χ4v) is 3.78. The van der Waals surface area contributed by atoms with Crippen LogP contribution in [0.15, 0.2) is 60.7 Å². The van der Waals surface area contributed by atoms with E-state index in [2.05, 4.69) is 15.6 Å². The monoisotopic (exact) mass is 477 g/mol. The molecule has 2 amide bonds. The highest BCUT2D eigenvalue weighted by molar-refractivity contribution is 6.30. The molecule has 174 valence electrons. The van der Waals surface area contributed by atoms with Crippen molar-refractivity contribution in [2.75, 3.05) is 19.5 Å². The summed E-state index contributed by atoms with van der Waals surface area (Å²) in [6.45, 7) is 2.21. The minimum absolute atomic E-state index is 0.262. The van der Waals surface area contributed by atoms with Crippen LogP contribution in [0.3, 0.4) is 0 Å². The van der Waals surface area contributed by atoms with Crippen molar-refractivity contribution in [1.82, 2.24) is 10.3 Å². The Hall–Kier alpha value is -3.97. The summed E-state index contributed by atoms with van der Waals surface area (Å²) in [5.41, 5.74) is 3.71. The topological polar surface area (TPSA) is 92.5 Å². The fourth-order valence-electron chi connectivity index (χ4n) is 3.65. The predicted molar refractivity (Wildman–Crippen MR) is 133 cm³/mol. The molecular formula is C26H24ClN3O4. The number of halogens is 1. The molecule has 0 atom stereocenters. The van der Waals surface area contributed by atoms with Crippen molar-refractivity contribution in [2.45, 2.75) is 13.5 Å². The van der Waals surface area contributed by atoms with Crippen LogP contribution < -0.4 is 20.1 Å². The van der Waals surface area contributed by atoms with Gasteiger partial charge >= 0.3 is 0 Å². The number of ether oxygens (including phenoxy) is 2. The van der Waals surface area contributed by atoms with Crippen LogP contribution in [0, 0.1) is 6.92 Å². The number of aryl methyl sites for hydroxylation is 1. The van der Waals surface area contributed by atoms with Gasteiger partial charge in [0.2, 0.25) is 0 Å². The van der Waals surface area contributed by atoms with Gasteiger partial charge in [-0.2, -0.15) is 0 Å². The van der Waals surface area contributed by atoms with Crippen LogP contribution in [-0.4, -0.2) is 31.0 Å². The number of aromatic amines is 1. The fraction of sp³-hybridized carbons (Fsp3) is 0.154. The van der Waals surface area contributed by atoms with Gasteiger partial charge in [-0.25, -0.2) is 0 Å². The minimum atomic E-state index is -0.352. The first-order valence-corrected chi connectivity index (χ1v) is 11.0. The van der Waals surface area contributed by atoms with Gasteiger partial charge in [-0.05, 0) is 61.0 Å². The standard InChI is InChI=1S/C26H24ClN3O4/c1-15-4-10-20-19(12-15)23(30-25(31)17-6-8-18(27)9-7-17)24(29-20)26(32)28-14-16-5-11-21(33-2)22(13-16)34-3/h4-13,29H,14H2,1-3H3,(H,28,32)(H,30,31). The van der Waals surface area contributed by atoms with Gasteiger partial charge in [0.05, 0.1) is 19.9 Å². The molecule has 0 fully saturated rings. The normalized spacial score (nSPS) is 10.7. The van der Waals surface area contributed by atoms with Gasteiger partial charge in [-0.3, -0.25) is 9.59 Å². The van der Waals surface area contributed by atoms with Gasteiger partial charge in [-0.1, -0.05) is 29.3 Å². The molecule has 0 spiro atoms. The maximum Gasteiger partial charge on any atom is 0.270 e. The van der Waals surface area contributed by atoms with Gasteiger partial charge < -0.3 is 25.1 Å². The lowest BCUT2D eigenvalue weighted by Gasteiger charge is -2.11. The summed E-state index contributed by atoms with van der Waals surface area (Å²) in [4.78, 5) is 29.2. The number of fused-ring (bicyclic) bond motifs is 1. The van der Waals surface area contributed by atoms with Gasteiger partial charge in [-0.15, -0.1) is 0 Å². The summed E-state index contributed by atoms with van der Waals surface area (Å²) >= 11 is 5.94. The average molecular weight is 478 g/mol. The first-order chi connectivity index (χ1) is 16.4. The van der Waals surface area contributed by atoms with Gasteiger partial charge in [0.15, 0.2) is 11.5 Å². The first-order valence-electron chi connectivity index (χ1n) is 10.6. The zero-order valence-electron chi connectivity index (χ0n) is 19.0. The van der Waals surface area contributed by atoms with Gasteiger partial charge in [0.1, 0.15) is 5.69 Å². The molecule has 8 heteroatoms. The van der Waals surface area contributed by atoms with Crippen molar-refractivity contribution in [2.24, 2.45) is 0 Å². The van der Waals surface area contributed by atoms with Crippen molar-refractivity contribution in [1.29, 1.82) is 0 Å². The highest BCUT2D eigenvalue weighted by atomic mass is 35.5. The van der Waals surface area contributed by atoms with E-state index in [9.17, 15) is 9.59 Å². The second-order valence-corrected chi connectivity index (χ2v) is 8.19. The molecule has 7 nitrogen and oxygen atoms in total. The van der Waals surface area contributed by atoms with E-state index in [1.165, 1.54) is 0 Å². The van der Waals surface area contributed by atoms with E-state index >= 15 is 0 Å². The number of methoxy groups -OCH3 is 2. The third kappa shape index (κ3) is 4.84. The quantitative estimate of drug-likeness (QED) is 0.335. The Morgan fingerprint density at radius 3 is 2.35 bits per heavy atom. The molecule has 34 heavy (non-hydrogen) atoms. The number of amides is 2. The number of nitrogens with one attached hydrogen (secondary N) is 3. The number of rotatable bonds is 7. The van der Waals surface area contributed by atoms with Crippen LogP contribution in [0.25, 0.3) is 10.9 Å². The van der Waals surface area contributed by atoms with E-state index in [0.717, 1.165) is 22.0 Å². The van der Waals surface area contributed by atoms with E-state index < -0.39 is 0 Å². The number of hydrogen-bond donors (Lipinski definition) is 3. The molecule has 4 rings (SSSR count). The summed E-state index contributed by atoms with van der Waals surface area (Å²) in [5.74, 6) is 0.491. The summed E-state index contributed by atoms with van der Waals surface area (Å²) in [7, 11) is 3.12. The first kappa shape index (κ1) is 23.2. The lowest BCUT2D eigenvalue weighted by molar-refractivity contribution is 0.0947. The highest BCUT2D eigenvalue weighted by Gasteiger charge is 2.20. The third-order valence-corrected chi connectivity index (χ3v) is 5.68. The van der Waals surface area contributed by atoms with E-state index in [1.54, 1.807) is 50.6 Å². The van der Waals surface area contributed by atoms with Crippen LogP contribution in [0.4, 0.5) is 5.69 Å². The maximum absolute atomic E-state index is 13.2. The lowest BCUT2D eigenvalue weighted by Crippen LogP contribution is -2.25. The molecule has 3 N–H and O–H groups in total. The zero-order chi connectivity index (χ0) is 24.2. The molecule has 0 aliphatic heterocycles. The van der Waals surface area contributed by atoms with E-state index in [1.807, 2.05) is 31.2 Å². The SMILES string of the molecule is COc1ccc(CNC(=O)c2[nH]c3ccc(C)cc3c2NC(=O)c2ccc(Cl)cc2)cc1OC. The lowest BCUT2D eigenvalue weighted by atomic mass is 10.1. The largest absolute Gasteiger partial charge is 0.493 e. The van der Waals surface area contributed by atoms with Crippen LogP contribution in [0.1, 0.15) is 32.0 Å². The summed E-state index contributed by atoms with van der Waals surface area (Å²) in [6, 6.07) is 17.7. The number of H-pyrrole nitrogens is 1. The van der Waals surface area contributed by atoms with Crippen molar-refractivity contribution in [3.63, 3.8) is 0 Å². The molecule has 3 aromatic carbocycles. The van der Waals surface area contributed by atoms with E-state index in [-0.39, 0.29) is 24.1 Å². The number of carbonyl (C=O) groups excluding carboxylic acids is 2. The summed E-state index contributed by atoms with van der Waals surface area (Å²) < 4.78 is 10.6. The summed E-state index contributed by atoms with van der Waals surface area (Å²) in [6.07, 6.45) is 0. The van der Waals surface area contributed by atoms with Gasteiger partial charge in [0, 0.05) is 28.0 Å². The second kappa shape index (κ2) is 9.89. The Morgan fingerprint density at radius 2 is 1.65 bits per heavy atom. The Kier molecular flexibility index (Phi) is 6.75. The Morgan fingerprint density at radius 1 is 0.912 bits per heavy atom. The Balaban J connectivity index is 1.62. The van der Waals surface area contributed by atoms with Crippen LogP contribution in [0.2, 0.25) is 5.02 Å². The molecule has 0 saturated carbocycles. The molecule has 1 heterocycles. The Labute approximate surface area is 202 Å². The molecule has 4 aromatic rings. The molecular weight excluding hydrogens is 454 g/mol. The van der Waals surface area contributed by atoms with Crippen molar-refractivity contribution in [3.05, 3.63) is 88.1 Å². The van der Waals surface area contributed by atoms with Crippen molar-refractivity contribution in [3.8, 4) is 11.5 Å². The van der Waals surface area contributed by atoms with Crippen molar-refractivity contribution >= 4 is 40.0 Å². The number of carbonyl (C=O) groups is 2. The number of benzene rings is 3. The van der Waals surface area contributed by atoms with E-state index in [0.29, 0.717) is 27.8 Å². The molecule has 0 unspecified atom stereocenters. The molecule has 1 aromatic heterocycles.